The second kappa shape index (κ2) is 5.00. The average molecular weight is 234 g/mol. The highest BCUT2D eigenvalue weighted by molar-refractivity contribution is 5.41. The molecule has 0 radical (unpaired) electrons. The second-order valence-corrected chi connectivity index (χ2v) is 3.35. The van der Waals surface area contributed by atoms with Crippen molar-refractivity contribution in [3.05, 3.63) is 12.1 Å². The van der Waals surface area contributed by atoms with E-state index in [-0.39, 0.29) is 18.2 Å². The van der Waals surface area contributed by atoms with Crippen LogP contribution in [0.3, 0.4) is 0 Å². The second-order valence-electron chi connectivity index (χ2n) is 3.35. The summed E-state index contributed by atoms with van der Waals surface area (Å²) in [4.78, 5) is 1.13. The van der Waals surface area contributed by atoms with Crippen molar-refractivity contribution in [2.75, 3.05) is 23.7 Å². The number of anilines is 2. The van der Waals surface area contributed by atoms with E-state index in [9.17, 15) is 13.2 Å². The quantitative estimate of drug-likeness (QED) is 0.863. The Morgan fingerprint density at radius 1 is 1.31 bits per heavy atom. The lowest BCUT2D eigenvalue weighted by Crippen LogP contribution is -2.35. The van der Waals surface area contributed by atoms with Gasteiger partial charge in [0, 0.05) is 6.54 Å². The third-order valence-corrected chi connectivity index (χ3v) is 1.86. The van der Waals surface area contributed by atoms with Crippen LogP contribution in [0.25, 0.3) is 0 Å². The molecule has 1 aromatic heterocycles. The fraction of sp³-hybridized carbons (Fsp3) is 0.556. The molecule has 90 valence electrons. The van der Waals surface area contributed by atoms with Crippen molar-refractivity contribution in [1.29, 1.82) is 0 Å². The average Bonchev–Trinajstić information content (AvgIpc) is 2.16. The number of nitrogens with zero attached hydrogens (tertiary/aromatic N) is 3. The van der Waals surface area contributed by atoms with Gasteiger partial charge in [-0.1, -0.05) is 6.92 Å². The first-order valence-electron chi connectivity index (χ1n) is 4.83. The van der Waals surface area contributed by atoms with Gasteiger partial charge in [-0.15, -0.1) is 10.2 Å². The summed E-state index contributed by atoms with van der Waals surface area (Å²) in [5.41, 5.74) is 5.31. The van der Waals surface area contributed by atoms with Crippen LogP contribution in [0.4, 0.5) is 24.8 Å². The maximum Gasteiger partial charge on any atom is 0.405 e. The van der Waals surface area contributed by atoms with Crippen LogP contribution in [0.2, 0.25) is 0 Å². The van der Waals surface area contributed by atoms with Gasteiger partial charge in [0.15, 0.2) is 5.82 Å². The lowest BCUT2D eigenvalue weighted by Gasteiger charge is -2.23. The summed E-state index contributed by atoms with van der Waals surface area (Å²) in [6, 6.07) is 2.87. The zero-order chi connectivity index (χ0) is 12.2. The van der Waals surface area contributed by atoms with Crippen LogP contribution in [-0.2, 0) is 0 Å². The smallest absolute Gasteiger partial charge is 0.382 e. The molecule has 1 rings (SSSR count). The Bertz CT molecular complexity index is 323. The highest BCUT2D eigenvalue weighted by Crippen LogP contribution is 2.20. The summed E-state index contributed by atoms with van der Waals surface area (Å²) < 4.78 is 36.8. The number of nitrogen functional groups attached to an aromatic ring is 1. The number of rotatable bonds is 4. The van der Waals surface area contributed by atoms with Gasteiger partial charge in [0.25, 0.3) is 0 Å². The summed E-state index contributed by atoms with van der Waals surface area (Å²) in [5.74, 6) is 0.376. The van der Waals surface area contributed by atoms with Gasteiger partial charge in [-0.05, 0) is 18.6 Å². The predicted octanol–water partition coefficient (Wildman–Crippen LogP) is 1.84. The first-order valence-corrected chi connectivity index (χ1v) is 4.83. The van der Waals surface area contributed by atoms with Gasteiger partial charge >= 0.3 is 6.18 Å². The highest BCUT2D eigenvalue weighted by atomic mass is 19.4. The van der Waals surface area contributed by atoms with Crippen molar-refractivity contribution >= 4 is 11.6 Å². The summed E-state index contributed by atoms with van der Waals surface area (Å²) in [6.45, 7) is 1.05. The molecular formula is C9H13F3N4. The van der Waals surface area contributed by atoms with Gasteiger partial charge in [0.1, 0.15) is 12.4 Å². The Hall–Kier alpha value is -1.53. The van der Waals surface area contributed by atoms with Crippen molar-refractivity contribution in [2.45, 2.75) is 19.5 Å². The number of alkyl halides is 3. The molecule has 2 N–H and O–H groups in total. The minimum absolute atomic E-state index is 0.187. The molecule has 1 aromatic rings. The Kier molecular flexibility index (Phi) is 3.92. The molecule has 1 heterocycles. The third-order valence-electron chi connectivity index (χ3n) is 1.86. The lowest BCUT2D eigenvalue weighted by atomic mass is 10.3. The maximum atomic E-state index is 12.3. The molecular weight excluding hydrogens is 221 g/mol. The van der Waals surface area contributed by atoms with E-state index in [1.807, 2.05) is 0 Å². The molecule has 0 aliphatic rings. The summed E-state index contributed by atoms with van der Waals surface area (Å²) in [5, 5.41) is 7.16. The third kappa shape index (κ3) is 3.92. The van der Waals surface area contributed by atoms with Gasteiger partial charge in [-0.3, -0.25) is 0 Å². The van der Waals surface area contributed by atoms with E-state index in [1.54, 1.807) is 6.92 Å². The Morgan fingerprint density at radius 2 is 2.00 bits per heavy atom. The van der Waals surface area contributed by atoms with Crippen molar-refractivity contribution in [3.8, 4) is 0 Å². The largest absolute Gasteiger partial charge is 0.405 e. The van der Waals surface area contributed by atoms with E-state index in [0.717, 1.165) is 4.90 Å². The van der Waals surface area contributed by atoms with E-state index in [1.165, 1.54) is 12.1 Å². The van der Waals surface area contributed by atoms with Gasteiger partial charge < -0.3 is 10.6 Å². The molecule has 0 bridgehead atoms. The van der Waals surface area contributed by atoms with E-state index in [0.29, 0.717) is 6.42 Å². The van der Waals surface area contributed by atoms with Crippen molar-refractivity contribution in [1.82, 2.24) is 10.2 Å². The van der Waals surface area contributed by atoms with E-state index >= 15 is 0 Å². The SMILES string of the molecule is CCCN(CC(F)(F)F)c1ccc(N)nn1. The molecule has 0 fully saturated rings. The Balaban J connectivity index is 2.80. The summed E-state index contributed by atoms with van der Waals surface area (Å²) in [7, 11) is 0. The Morgan fingerprint density at radius 3 is 2.44 bits per heavy atom. The first kappa shape index (κ1) is 12.5. The lowest BCUT2D eigenvalue weighted by molar-refractivity contribution is -0.119. The molecule has 0 amide bonds. The molecule has 0 saturated carbocycles. The van der Waals surface area contributed by atoms with Gasteiger partial charge in [-0.2, -0.15) is 13.2 Å². The highest BCUT2D eigenvalue weighted by Gasteiger charge is 2.31. The molecule has 0 aliphatic carbocycles. The van der Waals surface area contributed by atoms with Crippen LogP contribution in [0.5, 0.6) is 0 Å². The number of nitrogens with two attached hydrogens (primary N) is 1. The first-order chi connectivity index (χ1) is 7.42. The maximum absolute atomic E-state index is 12.3. The van der Waals surface area contributed by atoms with E-state index < -0.39 is 12.7 Å². The zero-order valence-electron chi connectivity index (χ0n) is 8.83. The topological polar surface area (TPSA) is 55.0 Å². The molecule has 16 heavy (non-hydrogen) atoms. The number of aromatic nitrogens is 2. The van der Waals surface area contributed by atoms with Crippen LogP contribution in [0.1, 0.15) is 13.3 Å². The fourth-order valence-corrected chi connectivity index (χ4v) is 1.27. The molecule has 0 aromatic carbocycles. The van der Waals surface area contributed by atoms with Crippen LogP contribution in [-0.4, -0.2) is 29.5 Å². The molecule has 0 atom stereocenters. The molecule has 4 nitrogen and oxygen atoms in total. The summed E-state index contributed by atoms with van der Waals surface area (Å²) >= 11 is 0. The van der Waals surface area contributed by atoms with Gasteiger partial charge in [0.2, 0.25) is 0 Å². The van der Waals surface area contributed by atoms with Crippen LogP contribution >= 0.6 is 0 Å². The molecule has 7 heteroatoms. The van der Waals surface area contributed by atoms with Crippen LogP contribution in [0.15, 0.2) is 12.1 Å². The standard InChI is InChI=1S/C9H13F3N4/c1-2-5-16(6-9(10,11)12)8-4-3-7(13)14-15-8/h3-4H,2,5-6H2,1H3,(H2,13,14). The minimum atomic E-state index is -4.25. The van der Waals surface area contributed by atoms with Gasteiger partial charge in [-0.25, -0.2) is 0 Å². The van der Waals surface area contributed by atoms with Crippen molar-refractivity contribution in [3.63, 3.8) is 0 Å². The molecule has 0 saturated heterocycles. The number of hydrogen-bond acceptors (Lipinski definition) is 4. The van der Waals surface area contributed by atoms with Crippen LogP contribution in [0, 0.1) is 0 Å². The molecule has 0 aliphatic heterocycles. The molecule has 0 spiro atoms. The van der Waals surface area contributed by atoms with E-state index in [4.69, 9.17) is 5.73 Å². The number of hydrogen-bond donors (Lipinski definition) is 1. The number of halogens is 3. The zero-order valence-corrected chi connectivity index (χ0v) is 8.83. The minimum Gasteiger partial charge on any atom is -0.382 e. The van der Waals surface area contributed by atoms with Crippen LogP contribution < -0.4 is 10.6 Å². The normalized spacial score (nSPS) is 11.5. The van der Waals surface area contributed by atoms with Gasteiger partial charge in [0.05, 0.1) is 0 Å². The van der Waals surface area contributed by atoms with Crippen molar-refractivity contribution in [2.24, 2.45) is 0 Å². The molecule has 0 unspecified atom stereocenters. The summed E-state index contributed by atoms with van der Waals surface area (Å²) in [6.07, 6.45) is -3.65. The monoisotopic (exact) mass is 234 g/mol. The van der Waals surface area contributed by atoms with E-state index in [2.05, 4.69) is 10.2 Å². The predicted molar refractivity (Wildman–Crippen MR) is 55.0 cm³/mol. The van der Waals surface area contributed by atoms with Crippen molar-refractivity contribution < 1.29 is 13.2 Å². The Labute approximate surface area is 91.3 Å². The fourth-order valence-electron chi connectivity index (χ4n) is 1.27.